The molecule has 0 fully saturated rings. The maximum atomic E-state index is 11.7. The summed E-state index contributed by atoms with van der Waals surface area (Å²) in [5.74, 6) is 0.870. The third-order valence-corrected chi connectivity index (χ3v) is 4.61. The van der Waals surface area contributed by atoms with Crippen LogP contribution < -0.4 is 49.6 Å². The molecule has 0 radical (unpaired) electrons. The molecule has 0 aliphatic rings. The van der Waals surface area contributed by atoms with E-state index in [1.54, 1.807) is 20.4 Å². The topological polar surface area (TPSA) is 95.3 Å². The van der Waals surface area contributed by atoms with Crippen LogP contribution in [0.1, 0.15) is 21.7 Å². The summed E-state index contributed by atoms with van der Waals surface area (Å²) >= 11 is 0. The molecule has 0 unspecified atom stereocenters. The van der Waals surface area contributed by atoms with Crippen LogP contribution in [0.2, 0.25) is 0 Å². The molecule has 152 valence electrons. The number of hydrogen-bond donors (Lipinski definition) is 1. The minimum atomic E-state index is -1.26. The first-order valence-electron chi connectivity index (χ1n) is 9.15. The van der Waals surface area contributed by atoms with Crippen LogP contribution in [0, 0.1) is 0 Å². The first-order valence-corrected chi connectivity index (χ1v) is 9.15. The molecular weight excluding hydrogens is 393 g/mol. The SMILES string of the molecule is COc1ccc(CNCc2nc(-c3ccc(N(C)C)nc3)n(C)c2C(=O)[O-])cc1.[Na+]. The van der Waals surface area contributed by atoms with Crippen molar-refractivity contribution in [2.45, 2.75) is 13.1 Å². The Bertz CT molecular complexity index is 985. The zero-order valence-corrected chi connectivity index (χ0v) is 20.0. The summed E-state index contributed by atoms with van der Waals surface area (Å²) in [6.07, 6.45) is 1.69. The van der Waals surface area contributed by atoms with Crippen molar-refractivity contribution in [3.63, 3.8) is 0 Å². The van der Waals surface area contributed by atoms with Gasteiger partial charge in [-0.3, -0.25) is 0 Å². The molecule has 0 saturated carbocycles. The molecule has 0 aliphatic carbocycles. The number of carbonyl (C=O) groups excluding carboxylic acids is 1. The number of carbonyl (C=O) groups is 1. The van der Waals surface area contributed by atoms with Gasteiger partial charge in [-0.1, -0.05) is 12.1 Å². The van der Waals surface area contributed by atoms with E-state index >= 15 is 0 Å². The molecule has 8 nitrogen and oxygen atoms in total. The van der Waals surface area contributed by atoms with Crippen LogP contribution in [0.4, 0.5) is 5.82 Å². The molecule has 0 bridgehead atoms. The third kappa shape index (κ3) is 5.40. The van der Waals surface area contributed by atoms with Crippen LogP contribution in [-0.4, -0.2) is 41.7 Å². The van der Waals surface area contributed by atoms with Gasteiger partial charge in [0.25, 0.3) is 0 Å². The fraction of sp³-hybridized carbons (Fsp3) is 0.286. The van der Waals surface area contributed by atoms with Gasteiger partial charge in [-0.2, -0.15) is 0 Å². The first kappa shape index (κ1) is 23.9. The van der Waals surface area contributed by atoms with Gasteiger partial charge in [0.15, 0.2) is 0 Å². The molecule has 0 saturated heterocycles. The number of benzene rings is 1. The summed E-state index contributed by atoms with van der Waals surface area (Å²) in [7, 11) is 7.10. The molecule has 2 aromatic heterocycles. The minimum Gasteiger partial charge on any atom is -0.543 e. The van der Waals surface area contributed by atoms with Gasteiger partial charge in [-0.25, -0.2) is 9.97 Å². The van der Waals surface area contributed by atoms with E-state index in [2.05, 4.69) is 15.3 Å². The number of aromatic nitrogens is 3. The summed E-state index contributed by atoms with van der Waals surface area (Å²) in [6, 6.07) is 11.4. The van der Waals surface area contributed by atoms with Crippen molar-refractivity contribution in [3.05, 3.63) is 59.5 Å². The average molecular weight is 417 g/mol. The Labute approximate surface area is 198 Å². The van der Waals surface area contributed by atoms with E-state index in [9.17, 15) is 9.90 Å². The van der Waals surface area contributed by atoms with Gasteiger partial charge in [0.1, 0.15) is 17.4 Å². The minimum absolute atomic E-state index is 0. The number of pyridine rings is 1. The number of nitrogens with zero attached hydrogens (tertiary/aromatic N) is 4. The molecule has 0 atom stereocenters. The summed E-state index contributed by atoms with van der Waals surface area (Å²) in [6.45, 7) is 0.869. The predicted molar refractivity (Wildman–Crippen MR) is 109 cm³/mol. The number of methoxy groups -OCH3 is 1. The first-order chi connectivity index (χ1) is 13.9. The van der Waals surface area contributed by atoms with Crippen LogP contribution in [-0.2, 0) is 20.1 Å². The fourth-order valence-electron chi connectivity index (χ4n) is 3.04. The Kier molecular flexibility index (Phi) is 8.43. The number of ether oxygens (including phenoxy) is 1. The molecular formula is C21H24N5NaO3. The van der Waals surface area contributed by atoms with Crippen molar-refractivity contribution in [2.24, 2.45) is 7.05 Å². The third-order valence-electron chi connectivity index (χ3n) is 4.61. The van der Waals surface area contributed by atoms with Crippen molar-refractivity contribution in [1.29, 1.82) is 0 Å². The van der Waals surface area contributed by atoms with Crippen LogP contribution in [0.15, 0.2) is 42.6 Å². The summed E-state index contributed by atoms with van der Waals surface area (Å²) in [5, 5.41) is 14.9. The van der Waals surface area contributed by atoms with E-state index in [-0.39, 0.29) is 35.3 Å². The normalized spacial score (nSPS) is 10.4. The molecule has 3 aromatic rings. The van der Waals surface area contributed by atoms with Crippen LogP contribution in [0.5, 0.6) is 5.75 Å². The monoisotopic (exact) mass is 417 g/mol. The van der Waals surface area contributed by atoms with Crippen molar-refractivity contribution >= 4 is 11.8 Å². The van der Waals surface area contributed by atoms with Crippen molar-refractivity contribution < 1.29 is 44.2 Å². The van der Waals surface area contributed by atoms with E-state index in [1.165, 1.54) is 4.57 Å². The Hall–Kier alpha value is -2.39. The number of anilines is 1. The van der Waals surface area contributed by atoms with Gasteiger partial charge in [0, 0.05) is 46.0 Å². The predicted octanol–water partition coefficient (Wildman–Crippen LogP) is -1.79. The maximum absolute atomic E-state index is 11.7. The summed E-state index contributed by atoms with van der Waals surface area (Å²) < 4.78 is 6.68. The van der Waals surface area contributed by atoms with E-state index in [0.717, 1.165) is 22.7 Å². The Balaban J connectivity index is 0.00000320. The molecule has 1 aromatic carbocycles. The van der Waals surface area contributed by atoms with Gasteiger partial charge >= 0.3 is 29.6 Å². The molecule has 9 heteroatoms. The molecule has 0 amide bonds. The number of carboxylic acid groups (broad SMARTS) is 1. The Morgan fingerprint density at radius 3 is 2.40 bits per heavy atom. The molecule has 0 spiro atoms. The fourth-order valence-corrected chi connectivity index (χ4v) is 3.04. The van der Waals surface area contributed by atoms with E-state index in [4.69, 9.17) is 4.74 Å². The number of nitrogens with one attached hydrogen (secondary N) is 1. The molecule has 2 heterocycles. The standard InChI is InChI=1S/C21H25N5O3.Na/c1-25(2)18-10-7-15(12-23-18)20-24-17(19(21(27)28)26(20)3)13-22-11-14-5-8-16(29-4)9-6-14;/h5-10,12,22H,11,13H2,1-4H3,(H,27,28);/q;+1/p-1. The van der Waals surface area contributed by atoms with Crippen LogP contribution in [0.3, 0.4) is 0 Å². The van der Waals surface area contributed by atoms with Crippen molar-refractivity contribution in [3.8, 4) is 17.1 Å². The van der Waals surface area contributed by atoms with Crippen LogP contribution in [0.25, 0.3) is 11.4 Å². The number of imidazole rings is 1. The van der Waals surface area contributed by atoms with Gasteiger partial charge in [0.05, 0.1) is 24.5 Å². The Morgan fingerprint density at radius 2 is 1.87 bits per heavy atom. The maximum Gasteiger partial charge on any atom is 1.00 e. The quantitative estimate of drug-likeness (QED) is 0.433. The zero-order valence-electron chi connectivity index (χ0n) is 18.0. The molecule has 30 heavy (non-hydrogen) atoms. The molecule has 3 rings (SSSR count). The van der Waals surface area contributed by atoms with Gasteiger partial charge < -0.3 is 29.4 Å². The van der Waals surface area contributed by atoms with Gasteiger partial charge in [-0.15, -0.1) is 0 Å². The van der Waals surface area contributed by atoms with Crippen LogP contribution >= 0.6 is 0 Å². The number of aromatic carboxylic acids is 1. The largest absolute Gasteiger partial charge is 1.00 e. The smallest absolute Gasteiger partial charge is 0.543 e. The summed E-state index contributed by atoms with van der Waals surface area (Å²) in [4.78, 5) is 22.5. The number of hydrogen-bond acceptors (Lipinski definition) is 7. The van der Waals surface area contributed by atoms with Gasteiger partial charge in [0.2, 0.25) is 0 Å². The van der Waals surface area contributed by atoms with Crippen molar-refractivity contribution in [2.75, 3.05) is 26.1 Å². The van der Waals surface area contributed by atoms with Gasteiger partial charge in [-0.05, 0) is 29.8 Å². The number of carboxylic acids is 1. The second kappa shape index (κ2) is 10.6. The second-order valence-electron chi connectivity index (χ2n) is 6.83. The average Bonchev–Trinajstić information content (AvgIpc) is 3.05. The summed E-state index contributed by atoms with van der Waals surface area (Å²) in [5.41, 5.74) is 2.27. The van der Waals surface area contributed by atoms with E-state index in [1.807, 2.05) is 55.4 Å². The molecule has 1 N–H and O–H groups in total. The number of rotatable bonds is 8. The Morgan fingerprint density at radius 1 is 1.17 bits per heavy atom. The second-order valence-corrected chi connectivity index (χ2v) is 6.83. The molecule has 0 aliphatic heterocycles. The van der Waals surface area contributed by atoms with Crippen molar-refractivity contribution in [1.82, 2.24) is 19.9 Å². The van der Waals surface area contributed by atoms with E-state index in [0.29, 0.717) is 24.6 Å². The zero-order chi connectivity index (χ0) is 21.0. The van der Waals surface area contributed by atoms with E-state index < -0.39 is 5.97 Å².